The van der Waals surface area contributed by atoms with Crippen molar-refractivity contribution in [2.24, 2.45) is 0 Å². The molecule has 2 amide bonds. The van der Waals surface area contributed by atoms with Crippen LogP contribution in [0.1, 0.15) is 6.42 Å². The highest BCUT2D eigenvalue weighted by atomic mass is 31.2. The molecule has 1 fully saturated rings. The molecule has 0 bridgehead atoms. The molecule has 1 aliphatic rings. The van der Waals surface area contributed by atoms with Gasteiger partial charge in [0.25, 0.3) is 0 Å². The van der Waals surface area contributed by atoms with Gasteiger partial charge in [0.2, 0.25) is 5.91 Å². The maximum atomic E-state index is 14.9. The quantitative estimate of drug-likeness (QED) is 0.761. The van der Waals surface area contributed by atoms with E-state index >= 15 is 0 Å². The first kappa shape index (κ1) is 20.0. The number of hydrogen-bond donors (Lipinski definition) is 2. The smallest absolute Gasteiger partial charge is 0.405 e. The van der Waals surface area contributed by atoms with E-state index in [1.165, 1.54) is 12.1 Å². The lowest BCUT2D eigenvalue weighted by molar-refractivity contribution is -0.118. The van der Waals surface area contributed by atoms with Crippen LogP contribution in [0.3, 0.4) is 0 Å². The van der Waals surface area contributed by atoms with Gasteiger partial charge in [-0.2, -0.15) is 0 Å². The number of nitrogens with one attached hydrogen (secondary N) is 1. The summed E-state index contributed by atoms with van der Waals surface area (Å²) in [5.74, 6) is -3.00. The summed E-state index contributed by atoms with van der Waals surface area (Å²) < 4.78 is 42.2. The molecule has 1 aliphatic heterocycles. The van der Waals surface area contributed by atoms with Crippen molar-refractivity contribution in [2.75, 3.05) is 24.8 Å². The Bertz CT molecular complexity index is 1010. The van der Waals surface area contributed by atoms with Crippen LogP contribution < -0.4 is 15.5 Å². The molecule has 6 nitrogen and oxygen atoms in total. The molecule has 2 aromatic carbocycles. The van der Waals surface area contributed by atoms with E-state index in [-0.39, 0.29) is 24.2 Å². The average molecular weight is 408 g/mol. The summed E-state index contributed by atoms with van der Waals surface area (Å²) in [6, 6.07) is 8.14. The zero-order valence-electron chi connectivity index (χ0n) is 15.3. The molecule has 148 valence electrons. The standard InChI is InChI=1S/C19H19F2N2O4P/c1-28(2,27)15-6-4-3-5-11(15)12-7-8-14(17(21)16(12)20)23-10-9-13(18(23)24)22-19(25)26/h3-8,13,22H,9-10H2,1-2H3,(H,25,26)/t13-/m1/s1. The van der Waals surface area contributed by atoms with Gasteiger partial charge in [-0.25, -0.2) is 13.6 Å². The Morgan fingerprint density at radius 1 is 1.14 bits per heavy atom. The summed E-state index contributed by atoms with van der Waals surface area (Å²) in [7, 11) is -2.74. The summed E-state index contributed by atoms with van der Waals surface area (Å²) >= 11 is 0. The number of carboxylic acid groups (broad SMARTS) is 1. The Morgan fingerprint density at radius 2 is 1.82 bits per heavy atom. The lowest BCUT2D eigenvalue weighted by Gasteiger charge is -2.20. The highest BCUT2D eigenvalue weighted by molar-refractivity contribution is 7.70. The Hall–Kier alpha value is -2.73. The Balaban J connectivity index is 2.02. The third-order valence-electron chi connectivity index (χ3n) is 4.63. The monoisotopic (exact) mass is 408 g/mol. The van der Waals surface area contributed by atoms with Gasteiger partial charge in [-0.15, -0.1) is 0 Å². The van der Waals surface area contributed by atoms with Crippen LogP contribution in [0.4, 0.5) is 19.3 Å². The van der Waals surface area contributed by atoms with Crippen LogP contribution in [0, 0.1) is 11.6 Å². The van der Waals surface area contributed by atoms with E-state index in [9.17, 15) is 22.9 Å². The number of amides is 2. The van der Waals surface area contributed by atoms with E-state index < -0.39 is 36.8 Å². The zero-order chi connectivity index (χ0) is 20.6. The van der Waals surface area contributed by atoms with Crippen molar-refractivity contribution >= 4 is 30.1 Å². The van der Waals surface area contributed by atoms with E-state index in [1.807, 2.05) is 0 Å². The number of carbonyl (C=O) groups is 2. The molecule has 0 aromatic heterocycles. The number of hydrogen-bond acceptors (Lipinski definition) is 3. The van der Waals surface area contributed by atoms with Crippen molar-refractivity contribution in [3.8, 4) is 11.1 Å². The number of halogens is 2. The molecule has 3 rings (SSSR count). The number of rotatable bonds is 4. The molecule has 1 saturated heterocycles. The van der Waals surface area contributed by atoms with E-state index in [0.29, 0.717) is 10.9 Å². The second-order valence-electron chi connectivity index (χ2n) is 6.91. The van der Waals surface area contributed by atoms with E-state index in [4.69, 9.17) is 5.11 Å². The highest BCUT2D eigenvalue weighted by Gasteiger charge is 2.36. The average Bonchev–Trinajstić information content (AvgIpc) is 2.96. The highest BCUT2D eigenvalue weighted by Crippen LogP contribution is 2.40. The minimum Gasteiger partial charge on any atom is -0.465 e. The van der Waals surface area contributed by atoms with E-state index in [2.05, 4.69) is 5.32 Å². The van der Waals surface area contributed by atoms with Gasteiger partial charge in [0.1, 0.15) is 13.2 Å². The summed E-state index contributed by atoms with van der Waals surface area (Å²) in [6.45, 7) is 3.16. The Morgan fingerprint density at radius 3 is 2.46 bits per heavy atom. The van der Waals surface area contributed by atoms with Gasteiger partial charge in [0, 0.05) is 17.4 Å². The molecule has 2 aromatic rings. The van der Waals surface area contributed by atoms with Crippen LogP contribution in [0.25, 0.3) is 11.1 Å². The van der Waals surface area contributed by atoms with Crippen LogP contribution in [0.15, 0.2) is 36.4 Å². The fourth-order valence-corrected chi connectivity index (χ4v) is 4.55. The lowest BCUT2D eigenvalue weighted by atomic mass is 10.0. The van der Waals surface area contributed by atoms with Gasteiger partial charge in [-0.05, 0) is 37.4 Å². The molecule has 1 atom stereocenters. The fraction of sp³-hybridized carbons (Fsp3) is 0.263. The topological polar surface area (TPSA) is 86.7 Å². The maximum Gasteiger partial charge on any atom is 0.405 e. The van der Waals surface area contributed by atoms with Crippen LogP contribution in [-0.4, -0.2) is 43.0 Å². The molecule has 2 N–H and O–H groups in total. The SMILES string of the molecule is CP(C)(=O)c1ccccc1-c1ccc(N2CC[C@@H](NC(=O)O)C2=O)c(F)c1F. The van der Waals surface area contributed by atoms with Gasteiger partial charge >= 0.3 is 6.09 Å². The van der Waals surface area contributed by atoms with Gasteiger partial charge < -0.3 is 19.9 Å². The van der Waals surface area contributed by atoms with Crippen molar-refractivity contribution < 1.29 is 28.0 Å². The van der Waals surface area contributed by atoms with E-state index in [0.717, 1.165) is 4.90 Å². The maximum absolute atomic E-state index is 14.9. The summed E-state index contributed by atoms with van der Waals surface area (Å²) in [5, 5.41) is 11.3. The molecule has 0 unspecified atom stereocenters. The molecule has 1 heterocycles. The minimum absolute atomic E-state index is 0.0485. The number of benzene rings is 2. The molecule has 0 saturated carbocycles. The van der Waals surface area contributed by atoms with Gasteiger partial charge in [0.05, 0.1) is 5.69 Å². The third kappa shape index (κ3) is 3.64. The molecular weight excluding hydrogens is 389 g/mol. The second kappa shape index (κ2) is 7.36. The first-order valence-corrected chi connectivity index (χ1v) is 11.1. The van der Waals surface area contributed by atoms with Gasteiger partial charge in [-0.3, -0.25) is 4.79 Å². The Labute approximate surface area is 160 Å². The molecule has 0 radical (unpaired) electrons. The van der Waals surface area contributed by atoms with Crippen LogP contribution in [-0.2, 0) is 9.36 Å². The van der Waals surface area contributed by atoms with Crippen molar-refractivity contribution in [1.29, 1.82) is 0 Å². The Kier molecular flexibility index (Phi) is 5.26. The summed E-state index contributed by atoms with van der Waals surface area (Å²) in [6.07, 6.45) is -1.20. The molecule has 0 aliphatic carbocycles. The van der Waals surface area contributed by atoms with Crippen LogP contribution >= 0.6 is 7.14 Å². The zero-order valence-corrected chi connectivity index (χ0v) is 16.2. The number of nitrogens with zero attached hydrogens (tertiary/aromatic N) is 1. The first-order chi connectivity index (χ1) is 13.1. The fourth-order valence-electron chi connectivity index (χ4n) is 3.33. The van der Waals surface area contributed by atoms with Gasteiger partial charge in [0.15, 0.2) is 11.6 Å². The van der Waals surface area contributed by atoms with Crippen molar-refractivity contribution in [3.05, 3.63) is 48.0 Å². The van der Waals surface area contributed by atoms with E-state index in [1.54, 1.807) is 37.6 Å². The van der Waals surface area contributed by atoms with Crippen molar-refractivity contribution in [3.63, 3.8) is 0 Å². The number of anilines is 1. The van der Waals surface area contributed by atoms with Crippen molar-refractivity contribution in [1.82, 2.24) is 5.32 Å². The second-order valence-corrected chi connectivity index (χ2v) is 10.1. The predicted molar refractivity (Wildman–Crippen MR) is 103 cm³/mol. The number of carbonyl (C=O) groups excluding carboxylic acids is 1. The first-order valence-electron chi connectivity index (χ1n) is 8.55. The molecule has 28 heavy (non-hydrogen) atoms. The van der Waals surface area contributed by atoms with Gasteiger partial charge in [-0.1, -0.05) is 24.3 Å². The largest absolute Gasteiger partial charge is 0.465 e. The minimum atomic E-state index is -2.74. The normalized spacial score (nSPS) is 17.1. The molecule has 9 heteroatoms. The summed E-state index contributed by atoms with van der Waals surface area (Å²) in [5.41, 5.74) is 0.0270. The van der Waals surface area contributed by atoms with Crippen LogP contribution in [0.2, 0.25) is 0 Å². The van der Waals surface area contributed by atoms with Crippen LogP contribution in [0.5, 0.6) is 0 Å². The summed E-state index contributed by atoms with van der Waals surface area (Å²) in [4.78, 5) is 24.1. The van der Waals surface area contributed by atoms with Crippen molar-refractivity contribution in [2.45, 2.75) is 12.5 Å². The lowest BCUT2D eigenvalue weighted by Crippen LogP contribution is -2.41. The predicted octanol–water partition coefficient (Wildman–Crippen LogP) is 3.25. The molecule has 0 spiro atoms. The molecular formula is C19H19F2N2O4P. The third-order valence-corrected chi connectivity index (χ3v) is 6.18.